The smallest absolute Gasteiger partial charge is 0.190 e. The second-order valence-corrected chi connectivity index (χ2v) is 5.93. The molecule has 0 spiro atoms. The summed E-state index contributed by atoms with van der Waals surface area (Å²) >= 11 is 0. The maximum absolute atomic E-state index is 10.3. The molecular formula is C12H20O6. The fourth-order valence-corrected chi connectivity index (χ4v) is 2.70. The Morgan fingerprint density at radius 2 is 1.67 bits per heavy atom. The molecule has 0 aromatic heterocycles. The van der Waals surface area contributed by atoms with Crippen LogP contribution in [0.2, 0.25) is 0 Å². The Labute approximate surface area is 106 Å². The van der Waals surface area contributed by atoms with Crippen LogP contribution in [0, 0.1) is 0 Å². The summed E-state index contributed by atoms with van der Waals surface area (Å²) < 4.78 is 28.1. The van der Waals surface area contributed by atoms with E-state index in [1.807, 2.05) is 13.8 Å². The zero-order chi connectivity index (χ0) is 13.1. The molecule has 3 rings (SSSR count). The Morgan fingerprint density at radius 1 is 0.944 bits per heavy atom. The Kier molecular flexibility index (Phi) is 2.75. The zero-order valence-corrected chi connectivity index (χ0v) is 11.1. The van der Waals surface area contributed by atoms with Gasteiger partial charge in [0.15, 0.2) is 17.9 Å². The Morgan fingerprint density at radius 3 is 2.22 bits per heavy atom. The van der Waals surface area contributed by atoms with Crippen LogP contribution in [-0.2, 0) is 23.7 Å². The third-order valence-electron chi connectivity index (χ3n) is 3.45. The highest BCUT2D eigenvalue weighted by Gasteiger charge is 2.57. The van der Waals surface area contributed by atoms with Crippen LogP contribution in [0.5, 0.6) is 0 Å². The Balaban J connectivity index is 1.68. The van der Waals surface area contributed by atoms with Crippen molar-refractivity contribution in [3.05, 3.63) is 0 Å². The van der Waals surface area contributed by atoms with E-state index in [2.05, 4.69) is 0 Å². The van der Waals surface area contributed by atoms with Crippen molar-refractivity contribution in [2.45, 2.75) is 70.0 Å². The van der Waals surface area contributed by atoms with Gasteiger partial charge in [-0.3, -0.25) is 0 Å². The fraction of sp³-hybridized carbons (Fsp3) is 1.00. The topological polar surface area (TPSA) is 66.4 Å². The van der Waals surface area contributed by atoms with Crippen LogP contribution < -0.4 is 0 Å². The molecular weight excluding hydrogens is 240 g/mol. The SMILES string of the molecule is CC1(C)O[C@@H]2O[C@H]([C@H]3COC(C)(C)O3)[C@@H](O)[C@@H]2O1. The molecule has 0 radical (unpaired) electrons. The Bertz CT molecular complexity index is 341. The molecule has 18 heavy (non-hydrogen) atoms. The summed E-state index contributed by atoms with van der Waals surface area (Å²) in [6.07, 6.45) is -2.53. The first-order valence-corrected chi connectivity index (χ1v) is 6.28. The highest BCUT2D eigenvalue weighted by molar-refractivity contribution is 4.97. The molecule has 0 bridgehead atoms. The average molecular weight is 260 g/mol. The number of hydrogen-bond acceptors (Lipinski definition) is 6. The van der Waals surface area contributed by atoms with Crippen molar-refractivity contribution >= 4 is 0 Å². The molecule has 0 amide bonds. The number of hydrogen-bond donors (Lipinski definition) is 1. The summed E-state index contributed by atoms with van der Waals surface area (Å²) in [5, 5.41) is 10.3. The van der Waals surface area contributed by atoms with Crippen LogP contribution in [0.4, 0.5) is 0 Å². The number of aliphatic hydroxyl groups is 1. The van der Waals surface area contributed by atoms with Gasteiger partial charge >= 0.3 is 0 Å². The van der Waals surface area contributed by atoms with Crippen LogP contribution in [-0.4, -0.2) is 54.0 Å². The summed E-state index contributed by atoms with van der Waals surface area (Å²) in [7, 11) is 0. The highest BCUT2D eigenvalue weighted by Crippen LogP contribution is 2.40. The molecule has 0 aromatic carbocycles. The van der Waals surface area contributed by atoms with Crippen molar-refractivity contribution in [2.24, 2.45) is 0 Å². The molecule has 3 aliphatic rings. The van der Waals surface area contributed by atoms with E-state index in [1.54, 1.807) is 13.8 Å². The average Bonchev–Trinajstić information content (AvgIpc) is 2.81. The normalized spacial score (nSPS) is 49.5. The molecule has 0 aromatic rings. The standard InChI is InChI=1S/C12H20O6/c1-11(2)14-5-6(16-11)8-7(13)9-10(15-8)18-12(3,4)17-9/h6-10,13H,5H2,1-4H3/t6-,7-,8-,9+,10+/m1/s1. The van der Waals surface area contributed by atoms with E-state index in [0.717, 1.165) is 0 Å². The number of aliphatic hydroxyl groups excluding tert-OH is 1. The van der Waals surface area contributed by atoms with E-state index in [4.69, 9.17) is 23.7 Å². The molecule has 3 aliphatic heterocycles. The van der Waals surface area contributed by atoms with Crippen molar-refractivity contribution in [3.63, 3.8) is 0 Å². The number of rotatable bonds is 1. The summed E-state index contributed by atoms with van der Waals surface area (Å²) in [5.74, 6) is -1.35. The molecule has 1 N–H and O–H groups in total. The van der Waals surface area contributed by atoms with E-state index in [0.29, 0.717) is 6.61 Å². The van der Waals surface area contributed by atoms with Gasteiger partial charge in [-0.1, -0.05) is 0 Å². The lowest BCUT2D eigenvalue weighted by Gasteiger charge is -2.26. The molecule has 3 heterocycles. The van der Waals surface area contributed by atoms with Gasteiger partial charge in [0.25, 0.3) is 0 Å². The molecule has 3 fully saturated rings. The quantitative estimate of drug-likeness (QED) is 0.735. The lowest BCUT2D eigenvalue weighted by molar-refractivity contribution is -0.232. The minimum absolute atomic E-state index is 0.295. The molecule has 0 saturated carbocycles. The monoisotopic (exact) mass is 260 g/mol. The van der Waals surface area contributed by atoms with Gasteiger partial charge < -0.3 is 28.8 Å². The maximum Gasteiger partial charge on any atom is 0.190 e. The van der Waals surface area contributed by atoms with E-state index in [9.17, 15) is 5.11 Å². The second kappa shape index (κ2) is 3.88. The van der Waals surface area contributed by atoms with Gasteiger partial charge in [0.05, 0.1) is 6.61 Å². The van der Waals surface area contributed by atoms with Crippen molar-refractivity contribution in [3.8, 4) is 0 Å². The van der Waals surface area contributed by atoms with Gasteiger partial charge in [-0.15, -0.1) is 0 Å². The lowest BCUT2D eigenvalue weighted by atomic mass is 10.1. The fourth-order valence-electron chi connectivity index (χ4n) is 2.70. The zero-order valence-electron chi connectivity index (χ0n) is 11.1. The highest BCUT2D eigenvalue weighted by atomic mass is 16.8. The van der Waals surface area contributed by atoms with Crippen LogP contribution in [0.15, 0.2) is 0 Å². The minimum Gasteiger partial charge on any atom is -0.387 e. The van der Waals surface area contributed by atoms with Gasteiger partial charge in [0.2, 0.25) is 0 Å². The summed E-state index contributed by atoms with van der Waals surface area (Å²) in [6, 6.07) is 0. The molecule has 0 aliphatic carbocycles. The minimum atomic E-state index is -0.765. The van der Waals surface area contributed by atoms with Crippen molar-refractivity contribution in [1.82, 2.24) is 0 Å². The third kappa shape index (κ3) is 2.07. The molecule has 6 nitrogen and oxygen atoms in total. The summed E-state index contributed by atoms with van der Waals surface area (Å²) in [4.78, 5) is 0. The predicted octanol–water partition coefficient (Wildman–Crippen LogP) is 0.375. The van der Waals surface area contributed by atoms with Crippen LogP contribution >= 0.6 is 0 Å². The summed E-state index contributed by atoms with van der Waals surface area (Å²) in [5.41, 5.74) is 0. The second-order valence-electron chi connectivity index (χ2n) is 5.93. The van der Waals surface area contributed by atoms with Gasteiger partial charge in [-0.25, -0.2) is 0 Å². The number of fused-ring (bicyclic) bond motifs is 1. The van der Waals surface area contributed by atoms with Gasteiger partial charge in [-0.2, -0.15) is 0 Å². The molecule has 6 heteroatoms. The summed E-state index contributed by atoms with van der Waals surface area (Å²) in [6.45, 7) is 7.68. The van der Waals surface area contributed by atoms with E-state index >= 15 is 0 Å². The van der Waals surface area contributed by atoms with Crippen LogP contribution in [0.1, 0.15) is 27.7 Å². The van der Waals surface area contributed by atoms with Gasteiger partial charge in [0, 0.05) is 0 Å². The predicted molar refractivity (Wildman–Crippen MR) is 59.6 cm³/mol. The van der Waals surface area contributed by atoms with Crippen LogP contribution in [0.3, 0.4) is 0 Å². The number of ether oxygens (including phenoxy) is 5. The van der Waals surface area contributed by atoms with E-state index in [1.165, 1.54) is 0 Å². The molecule has 3 saturated heterocycles. The van der Waals surface area contributed by atoms with Gasteiger partial charge in [-0.05, 0) is 27.7 Å². The first-order valence-electron chi connectivity index (χ1n) is 6.28. The van der Waals surface area contributed by atoms with E-state index in [-0.39, 0.29) is 6.10 Å². The third-order valence-corrected chi connectivity index (χ3v) is 3.45. The van der Waals surface area contributed by atoms with Crippen LogP contribution in [0.25, 0.3) is 0 Å². The first kappa shape index (κ1) is 12.8. The van der Waals surface area contributed by atoms with Crippen molar-refractivity contribution in [1.29, 1.82) is 0 Å². The lowest BCUT2D eigenvalue weighted by Crippen LogP contribution is -2.42. The first-order chi connectivity index (χ1) is 8.27. The van der Waals surface area contributed by atoms with Crippen molar-refractivity contribution in [2.75, 3.05) is 6.61 Å². The molecule has 0 unspecified atom stereocenters. The molecule has 5 atom stereocenters. The largest absolute Gasteiger partial charge is 0.387 e. The Hall–Kier alpha value is -0.240. The van der Waals surface area contributed by atoms with E-state index < -0.39 is 36.2 Å². The van der Waals surface area contributed by atoms with Crippen molar-refractivity contribution < 1.29 is 28.8 Å². The molecule has 104 valence electrons. The van der Waals surface area contributed by atoms with Gasteiger partial charge in [0.1, 0.15) is 24.4 Å². The maximum atomic E-state index is 10.3.